The molecular formula is C22H27NO3. The molecule has 2 N–H and O–H groups in total. The summed E-state index contributed by atoms with van der Waals surface area (Å²) in [6.45, 7) is 12.6. The van der Waals surface area contributed by atoms with Gasteiger partial charge in [0, 0.05) is 17.3 Å². The van der Waals surface area contributed by atoms with E-state index in [0.717, 1.165) is 11.1 Å². The van der Waals surface area contributed by atoms with Crippen LogP contribution in [0.1, 0.15) is 68.6 Å². The van der Waals surface area contributed by atoms with Gasteiger partial charge in [-0.15, -0.1) is 0 Å². The Labute approximate surface area is 155 Å². The second-order valence-corrected chi connectivity index (χ2v) is 8.57. The normalized spacial score (nSPS) is 12.5. The van der Waals surface area contributed by atoms with Gasteiger partial charge in [0.15, 0.2) is 0 Å². The van der Waals surface area contributed by atoms with Gasteiger partial charge in [-0.2, -0.15) is 0 Å². The highest BCUT2D eigenvalue weighted by atomic mass is 16.4. The van der Waals surface area contributed by atoms with Crippen molar-refractivity contribution in [2.45, 2.75) is 52.4 Å². The predicted octanol–water partition coefficient (Wildman–Crippen LogP) is 5.44. The number of phenolic OH excluding ortho intramolecular Hbond substituents is 1. The van der Waals surface area contributed by atoms with Crippen LogP contribution in [-0.4, -0.2) is 22.4 Å². The third-order valence-corrected chi connectivity index (χ3v) is 4.28. The molecule has 2 aromatic rings. The van der Waals surface area contributed by atoms with Crippen LogP contribution in [0, 0.1) is 0 Å². The smallest absolute Gasteiger partial charge is 0.335 e. The Bertz CT molecular complexity index is 835. The average Bonchev–Trinajstić information content (AvgIpc) is 2.52. The van der Waals surface area contributed by atoms with Gasteiger partial charge >= 0.3 is 5.97 Å². The monoisotopic (exact) mass is 353 g/mol. The minimum Gasteiger partial charge on any atom is -0.507 e. The van der Waals surface area contributed by atoms with Crippen molar-refractivity contribution in [2.24, 2.45) is 4.99 Å². The molecule has 4 nitrogen and oxygen atoms in total. The summed E-state index contributed by atoms with van der Waals surface area (Å²) in [5.74, 6) is -0.734. The van der Waals surface area contributed by atoms with Crippen LogP contribution in [0.5, 0.6) is 5.75 Å². The number of carboxylic acids is 1. The summed E-state index contributed by atoms with van der Waals surface area (Å²) in [6, 6.07) is 10.3. The standard InChI is InChI=1S/C22H27NO3/c1-21(2,3)16-11-15(19(24)18(12-16)22(4,5)6)13-23-17-9-7-14(8-10-17)20(25)26/h7-13,24H,1-6H3,(H,25,26). The van der Waals surface area contributed by atoms with E-state index in [9.17, 15) is 9.90 Å². The van der Waals surface area contributed by atoms with Crippen molar-refractivity contribution in [1.29, 1.82) is 0 Å². The quantitative estimate of drug-likeness (QED) is 0.722. The summed E-state index contributed by atoms with van der Waals surface area (Å²) in [5.41, 5.74) is 3.26. The van der Waals surface area contributed by atoms with Gasteiger partial charge in [0.05, 0.1) is 11.3 Å². The molecule has 26 heavy (non-hydrogen) atoms. The number of carbonyl (C=O) groups is 1. The van der Waals surface area contributed by atoms with Crippen molar-refractivity contribution >= 4 is 17.9 Å². The molecule has 0 fully saturated rings. The number of phenols is 1. The van der Waals surface area contributed by atoms with Crippen LogP contribution in [0.25, 0.3) is 0 Å². The Morgan fingerprint density at radius 1 is 0.962 bits per heavy atom. The third kappa shape index (κ3) is 4.51. The van der Waals surface area contributed by atoms with Crippen LogP contribution >= 0.6 is 0 Å². The lowest BCUT2D eigenvalue weighted by atomic mass is 9.79. The molecule has 0 aliphatic carbocycles. The summed E-state index contributed by atoms with van der Waals surface area (Å²) < 4.78 is 0. The van der Waals surface area contributed by atoms with Crippen molar-refractivity contribution in [3.05, 3.63) is 58.7 Å². The fourth-order valence-electron chi connectivity index (χ4n) is 2.59. The summed E-state index contributed by atoms with van der Waals surface area (Å²) in [5, 5.41) is 19.7. The summed E-state index contributed by atoms with van der Waals surface area (Å²) in [6.07, 6.45) is 1.63. The fraction of sp³-hybridized carbons (Fsp3) is 0.364. The van der Waals surface area contributed by atoms with Crippen molar-refractivity contribution in [1.82, 2.24) is 0 Å². The number of nitrogens with zero attached hydrogens (tertiary/aromatic N) is 1. The molecule has 0 saturated heterocycles. The Kier molecular flexibility index (Phi) is 5.26. The van der Waals surface area contributed by atoms with Gasteiger partial charge in [-0.25, -0.2) is 4.79 Å². The number of benzene rings is 2. The Morgan fingerprint density at radius 2 is 1.54 bits per heavy atom. The van der Waals surface area contributed by atoms with Gasteiger partial charge in [-0.1, -0.05) is 47.6 Å². The van der Waals surface area contributed by atoms with E-state index < -0.39 is 5.97 Å². The van der Waals surface area contributed by atoms with Gasteiger partial charge in [0.25, 0.3) is 0 Å². The average molecular weight is 353 g/mol. The number of hydrogen-bond acceptors (Lipinski definition) is 3. The molecule has 0 radical (unpaired) electrons. The molecule has 0 aromatic heterocycles. The van der Waals surface area contributed by atoms with Crippen LogP contribution < -0.4 is 0 Å². The highest BCUT2D eigenvalue weighted by Gasteiger charge is 2.24. The molecule has 0 bridgehead atoms. The van der Waals surface area contributed by atoms with E-state index in [1.807, 2.05) is 6.07 Å². The zero-order valence-corrected chi connectivity index (χ0v) is 16.3. The number of aromatic carboxylic acids is 1. The van der Waals surface area contributed by atoms with Crippen LogP contribution in [0.4, 0.5) is 5.69 Å². The van der Waals surface area contributed by atoms with Crippen LogP contribution in [0.2, 0.25) is 0 Å². The first kappa shape index (κ1) is 19.7. The van der Waals surface area contributed by atoms with Crippen LogP contribution in [0.3, 0.4) is 0 Å². The first-order chi connectivity index (χ1) is 11.9. The first-order valence-corrected chi connectivity index (χ1v) is 8.65. The molecule has 0 saturated carbocycles. The van der Waals surface area contributed by atoms with Crippen LogP contribution in [-0.2, 0) is 10.8 Å². The largest absolute Gasteiger partial charge is 0.507 e. The van der Waals surface area contributed by atoms with Gasteiger partial charge in [0.2, 0.25) is 0 Å². The molecule has 2 rings (SSSR count). The highest BCUT2D eigenvalue weighted by Crippen LogP contribution is 2.37. The maximum atomic E-state index is 10.9. The van der Waals surface area contributed by atoms with Gasteiger partial charge < -0.3 is 10.2 Å². The maximum Gasteiger partial charge on any atom is 0.335 e. The molecular weight excluding hydrogens is 326 g/mol. The number of aromatic hydroxyl groups is 1. The van der Waals surface area contributed by atoms with Gasteiger partial charge in [0.1, 0.15) is 5.75 Å². The summed E-state index contributed by atoms with van der Waals surface area (Å²) in [7, 11) is 0. The van der Waals surface area contributed by atoms with E-state index in [0.29, 0.717) is 11.3 Å². The molecule has 138 valence electrons. The number of rotatable bonds is 3. The van der Waals surface area contributed by atoms with E-state index in [2.05, 4.69) is 52.6 Å². The topological polar surface area (TPSA) is 69.9 Å². The summed E-state index contributed by atoms with van der Waals surface area (Å²) >= 11 is 0. The minimum atomic E-state index is -0.967. The molecule has 0 spiro atoms. The molecule has 0 atom stereocenters. The predicted molar refractivity (Wildman–Crippen MR) is 106 cm³/mol. The van der Waals surface area contributed by atoms with Crippen molar-refractivity contribution < 1.29 is 15.0 Å². The van der Waals surface area contributed by atoms with E-state index >= 15 is 0 Å². The fourth-order valence-corrected chi connectivity index (χ4v) is 2.59. The zero-order valence-electron chi connectivity index (χ0n) is 16.3. The summed E-state index contributed by atoms with van der Waals surface area (Å²) in [4.78, 5) is 15.3. The highest BCUT2D eigenvalue weighted by molar-refractivity contribution is 5.89. The van der Waals surface area contributed by atoms with Crippen molar-refractivity contribution in [3.63, 3.8) is 0 Å². The van der Waals surface area contributed by atoms with E-state index in [1.54, 1.807) is 18.3 Å². The second-order valence-electron chi connectivity index (χ2n) is 8.57. The lowest BCUT2D eigenvalue weighted by molar-refractivity contribution is 0.0697. The molecule has 0 aliphatic heterocycles. The Hall–Kier alpha value is -2.62. The number of hydrogen-bond donors (Lipinski definition) is 2. The minimum absolute atomic E-state index is 0.0561. The maximum absolute atomic E-state index is 10.9. The third-order valence-electron chi connectivity index (χ3n) is 4.28. The molecule has 2 aromatic carbocycles. The zero-order chi connectivity index (χ0) is 19.7. The Morgan fingerprint density at radius 3 is 2.00 bits per heavy atom. The second kappa shape index (κ2) is 6.94. The molecule has 0 aliphatic rings. The molecule has 0 amide bonds. The van der Waals surface area contributed by atoms with E-state index in [-0.39, 0.29) is 22.1 Å². The molecule has 4 heteroatoms. The van der Waals surface area contributed by atoms with Crippen LogP contribution in [0.15, 0.2) is 41.4 Å². The molecule has 0 heterocycles. The first-order valence-electron chi connectivity index (χ1n) is 8.65. The van der Waals surface area contributed by atoms with E-state index in [1.165, 1.54) is 12.1 Å². The number of aliphatic imine (C=N–C) groups is 1. The molecule has 0 unspecified atom stereocenters. The van der Waals surface area contributed by atoms with E-state index in [4.69, 9.17) is 5.11 Å². The van der Waals surface area contributed by atoms with Gasteiger partial charge in [-0.05, 0) is 46.7 Å². The SMILES string of the molecule is CC(C)(C)c1cc(C=Nc2ccc(C(=O)O)cc2)c(O)c(C(C)(C)C)c1. The van der Waals surface area contributed by atoms with Gasteiger partial charge in [-0.3, -0.25) is 4.99 Å². The lowest BCUT2D eigenvalue weighted by Crippen LogP contribution is -2.17. The lowest BCUT2D eigenvalue weighted by Gasteiger charge is -2.26. The number of carboxylic acid groups (broad SMARTS) is 1. The Balaban J connectivity index is 2.49. The van der Waals surface area contributed by atoms with Crippen molar-refractivity contribution in [3.8, 4) is 5.75 Å². The van der Waals surface area contributed by atoms with Crippen molar-refractivity contribution in [2.75, 3.05) is 0 Å².